The van der Waals surface area contributed by atoms with Crippen molar-refractivity contribution in [3.05, 3.63) is 77.3 Å². The highest BCUT2D eigenvalue weighted by Crippen LogP contribution is 2.41. The quantitative estimate of drug-likeness (QED) is 0.467. The standard InChI is InChI=1S/C23H22ClN3O2S2/c24-15-6-8-17(9-7-15)31-20-11-10-19(29-20)22-21(18-5-1-2-12-25-18)26-23(30)27(22)14-16-4-3-13-28-16/h1-2,5-12,16,21-22H,3-4,13-14H2,(H,26,30)/t16-,21+,22-/m0/s1. The Balaban J connectivity index is 1.43. The van der Waals surface area contributed by atoms with Crippen LogP contribution in [0.4, 0.5) is 0 Å². The third-order valence-corrected chi connectivity index (χ3v) is 7.08. The van der Waals surface area contributed by atoms with Crippen molar-refractivity contribution < 1.29 is 9.15 Å². The molecule has 5 nitrogen and oxygen atoms in total. The Bertz CT molecular complexity index is 1040. The molecular weight excluding hydrogens is 450 g/mol. The first-order valence-electron chi connectivity index (χ1n) is 10.3. The van der Waals surface area contributed by atoms with Gasteiger partial charge in [-0.25, -0.2) is 0 Å². The Hall–Kier alpha value is -2.06. The average molecular weight is 472 g/mol. The maximum absolute atomic E-state index is 6.32. The van der Waals surface area contributed by atoms with Crippen LogP contribution in [0.25, 0.3) is 0 Å². The van der Waals surface area contributed by atoms with Crippen molar-refractivity contribution in [2.24, 2.45) is 0 Å². The minimum Gasteiger partial charge on any atom is -0.452 e. The second-order valence-corrected chi connectivity index (χ2v) is 9.53. The van der Waals surface area contributed by atoms with E-state index >= 15 is 0 Å². The Morgan fingerprint density at radius 1 is 1.16 bits per heavy atom. The number of ether oxygens (including phenoxy) is 1. The molecular formula is C23H22ClN3O2S2. The predicted molar refractivity (Wildman–Crippen MR) is 125 cm³/mol. The Labute approximate surface area is 196 Å². The van der Waals surface area contributed by atoms with Crippen LogP contribution in [0, 0.1) is 0 Å². The number of aromatic nitrogens is 1. The van der Waals surface area contributed by atoms with E-state index in [2.05, 4.69) is 15.2 Å². The molecule has 3 aromatic rings. The predicted octanol–water partition coefficient (Wildman–Crippen LogP) is 5.63. The van der Waals surface area contributed by atoms with Gasteiger partial charge >= 0.3 is 0 Å². The number of furan rings is 1. The van der Waals surface area contributed by atoms with Gasteiger partial charge in [0, 0.05) is 29.3 Å². The van der Waals surface area contributed by atoms with Crippen LogP contribution in [0.2, 0.25) is 5.02 Å². The van der Waals surface area contributed by atoms with Gasteiger partial charge in [-0.05, 0) is 73.6 Å². The van der Waals surface area contributed by atoms with Crippen LogP contribution in [0.5, 0.6) is 0 Å². The summed E-state index contributed by atoms with van der Waals surface area (Å²) in [5.41, 5.74) is 0.938. The molecule has 0 saturated carbocycles. The lowest BCUT2D eigenvalue weighted by atomic mass is 10.0. The summed E-state index contributed by atoms with van der Waals surface area (Å²) in [6, 6.07) is 17.5. The molecule has 2 aliphatic rings. The number of thiocarbonyl (C=S) groups is 1. The number of nitrogens with one attached hydrogen (secondary N) is 1. The molecule has 160 valence electrons. The molecule has 0 aliphatic carbocycles. The molecule has 2 aromatic heterocycles. The number of halogens is 1. The van der Waals surface area contributed by atoms with Crippen molar-refractivity contribution in [2.45, 2.75) is 41.0 Å². The molecule has 1 N–H and O–H groups in total. The van der Waals surface area contributed by atoms with Gasteiger partial charge in [0.2, 0.25) is 0 Å². The average Bonchev–Trinajstić information content (AvgIpc) is 3.52. The van der Waals surface area contributed by atoms with Crippen molar-refractivity contribution in [2.75, 3.05) is 13.2 Å². The van der Waals surface area contributed by atoms with Crippen LogP contribution < -0.4 is 5.32 Å². The number of benzene rings is 1. The van der Waals surface area contributed by atoms with Crippen LogP contribution >= 0.6 is 35.6 Å². The number of hydrogen-bond donors (Lipinski definition) is 1. The first kappa shape index (κ1) is 20.8. The zero-order chi connectivity index (χ0) is 21.2. The van der Waals surface area contributed by atoms with E-state index in [1.54, 1.807) is 11.8 Å². The van der Waals surface area contributed by atoms with E-state index in [4.69, 9.17) is 33.0 Å². The Morgan fingerprint density at radius 2 is 2.03 bits per heavy atom. The number of rotatable bonds is 6. The molecule has 0 spiro atoms. The summed E-state index contributed by atoms with van der Waals surface area (Å²) in [7, 11) is 0. The van der Waals surface area contributed by atoms with Crippen molar-refractivity contribution in [1.82, 2.24) is 15.2 Å². The minimum atomic E-state index is -0.0915. The third kappa shape index (κ3) is 4.60. The molecule has 5 rings (SSSR count). The maximum Gasteiger partial charge on any atom is 0.170 e. The van der Waals surface area contributed by atoms with E-state index in [0.29, 0.717) is 5.11 Å². The van der Waals surface area contributed by atoms with E-state index in [1.807, 2.05) is 60.8 Å². The van der Waals surface area contributed by atoms with Gasteiger partial charge in [0.15, 0.2) is 10.2 Å². The van der Waals surface area contributed by atoms with Crippen LogP contribution in [0.1, 0.15) is 36.4 Å². The molecule has 3 atom stereocenters. The lowest BCUT2D eigenvalue weighted by Gasteiger charge is -2.28. The zero-order valence-corrected chi connectivity index (χ0v) is 19.1. The molecule has 0 unspecified atom stereocenters. The van der Waals surface area contributed by atoms with Gasteiger partial charge in [-0.2, -0.15) is 0 Å². The zero-order valence-electron chi connectivity index (χ0n) is 16.7. The third-order valence-electron chi connectivity index (χ3n) is 5.55. The molecule has 31 heavy (non-hydrogen) atoms. The largest absolute Gasteiger partial charge is 0.452 e. The number of nitrogens with zero attached hydrogens (tertiary/aromatic N) is 2. The second-order valence-electron chi connectivity index (χ2n) is 7.63. The highest BCUT2D eigenvalue weighted by molar-refractivity contribution is 7.99. The second kappa shape index (κ2) is 9.20. The molecule has 0 amide bonds. The summed E-state index contributed by atoms with van der Waals surface area (Å²) in [6.45, 7) is 1.55. The van der Waals surface area contributed by atoms with Gasteiger partial charge in [0.1, 0.15) is 11.8 Å². The normalized spacial score (nSPS) is 23.3. The summed E-state index contributed by atoms with van der Waals surface area (Å²) in [6.07, 6.45) is 4.14. The van der Waals surface area contributed by atoms with Gasteiger partial charge < -0.3 is 19.4 Å². The van der Waals surface area contributed by atoms with Crippen LogP contribution in [-0.4, -0.2) is 34.3 Å². The topological polar surface area (TPSA) is 50.5 Å². The van der Waals surface area contributed by atoms with E-state index in [9.17, 15) is 0 Å². The highest BCUT2D eigenvalue weighted by atomic mass is 35.5. The van der Waals surface area contributed by atoms with Gasteiger partial charge in [0.25, 0.3) is 0 Å². The Morgan fingerprint density at radius 3 is 2.77 bits per heavy atom. The molecule has 2 aliphatic heterocycles. The van der Waals surface area contributed by atoms with Crippen LogP contribution in [-0.2, 0) is 4.74 Å². The van der Waals surface area contributed by atoms with E-state index in [0.717, 1.165) is 52.5 Å². The molecule has 0 bridgehead atoms. The van der Waals surface area contributed by atoms with Gasteiger partial charge in [-0.3, -0.25) is 4.98 Å². The molecule has 2 fully saturated rings. The first-order valence-corrected chi connectivity index (χ1v) is 11.9. The summed E-state index contributed by atoms with van der Waals surface area (Å²) in [5, 5.41) is 5.72. The van der Waals surface area contributed by atoms with Gasteiger partial charge in [0.05, 0.1) is 17.8 Å². The summed E-state index contributed by atoms with van der Waals surface area (Å²) in [4.78, 5) is 7.85. The molecule has 8 heteroatoms. The SMILES string of the molecule is S=C1N[C@H](c2ccccn2)[C@H](c2ccc(Sc3ccc(Cl)cc3)o2)N1C[C@@H]1CCCO1. The molecule has 4 heterocycles. The van der Waals surface area contributed by atoms with Crippen LogP contribution in [0.3, 0.4) is 0 Å². The summed E-state index contributed by atoms with van der Waals surface area (Å²) >= 11 is 13.3. The maximum atomic E-state index is 6.32. The fraction of sp³-hybridized carbons (Fsp3) is 0.304. The molecule has 0 radical (unpaired) electrons. The number of pyridine rings is 1. The number of hydrogen-bond acceptors (Lipinski definition) is 5. The lowest BCUT2D eigenvalue weighted by Crippen LogP contribution is -2.36. The Kier molecular flexibility index (Phi) is 6.18. The lowest BCUT2D eigenvalue weighted by molar-refractivity contribution is 0.0812. The first-order chi connectivity index (χ1) is 15.2. The summed E-state index contributed by atoms with van der Waals surface area (Å²) in [5.74, 6) is 0.859. The minimum absolute atomic E-state index is 0.0883. The molecule has 1 aromatic carbocycles. The smallest absolute Gasteiger partial charge is 0.170 e. The van der Waals surface area contributed by atoms with Crippen molar-refractivity contribution in [3.63, 3.8) is 0 Å². The highest BCUT2D eigenvalue weighted by Gasteiger charge is 2.42. The van der Waals surface area contributed by atoms with E-state index in [-0.39, 0.29) is 18.2 Å². The monoisotopic (exact) mass is 471 g/mol. The van der Waals surface area contributed by atoms with E-state index < -0.39 is 0 Å². The van der Waals surface area contributed by atoms with E-state index in [1.165, 1.54) is 0 Å². The fourth-order valence-corrected chi connectivity index (χ4v) is 5.31. The van der Waals surface area contributed by atoms with Crippen molar-refractivity contribution in [3.8, 4) is 0 Å². The fourth-order valence-electron chi connectivity index (χ4n) is 4.09. The van der Waals surface area contributed by atoms with Gasteiger partial charge in [-0.1, -0.05) is 29.4 Å². The summed E-state index contributed by atoms with van der Waals surface area (Å²) < 4.78 is 12.2. The van der Waals surface area contributed by atoms with Crippen LogP contribution in [0.15, 0.2) is 75.2 Å². The molecule has 2 saturated heterocycles. The van der Waals surface area contributed by atoms with Crippen molar-refractivity contribution in [1.29, 1.82) is 0 Å². The van der Waals surface area contributed by atoms with Crippen molar-refractivity contribution >= 4 is 40.7 Å². The van der Waals surface area contributed by atoms with Gasteiger partial charge in [-0.15, -0.1) is 0 Å².